The fourth-order valence-corrected chi connectivity index (χ4v) is 2.26. The Morgan fingerprint density at radius 2 is 2.11 bits per heavy atom. The molecule has 2 rings (SSSR count). The van der Waals surface area contributed by atoms with Crippen molar-refractivity contribution in [3.63, 3.8) is 0 Å². The van der Waals surface area contributed by atoms with Crippen molar-refractivity contribution < 1.29 is 0 Å². The van der Waals surface area contributed by atoms with Crippen molar-refractivity contribution in [3.8, 4) is 0 Å². The number of nitrogens with one attached hydrogen (secondary N) is 1. The van der Waals surface area contributed by atoms with E-state index in [1.165, 1.54) is 22.4 Å². The van der Waals surface area contributed by atoms with Gasteiger partial charge in [0.25, 0.3) is 0 Å². The first kappa shape index (κ1) is 12.9. The van der Waals surface area contributed by atoms with Gasteiger partial charge < -0.3 is 11.1 Å². The fourth-order valence-electron chi connectivity index (χ4n) is 2.26. The molecule has 0 bridgehead atoms. The summed E-state index contributed by atoms with van der Waals surface area (Å²) in [5.74, 6) is 0. The van der Waals surface area contributed by atoms with Crippen molar-refractivity contribution in [2.24, 2.45) is 5.73 Å². The molecule has 0 spiro atoms. The summed E-state index contributed by atoms with van der Waals surface area (Å²) in [5, 5.41) is 3.38. The first-order valence-electron chi connectivity index (χ1n) is 6.46. The lowest BCUT2D eigenvalue weighted by Crippen LogP contribution is -2.18. The van der Waals surface area contributed by atoms with E-state index in [4.69, 9.17) is 5.73 Å². The van der Waals surface area contributed by atoms with Crippen LogP contribution in [0.2, 0.25) is 0 Å². The average Bonchev–Trinajstić information content (AvgIpc) is 2.40. The van der Waals surface area contributed by atoms with E-state index in [-0.39, 0.29) is 5.41 Å². The van der Waals surface area contributed by atoms with Crippen LogP contribution in [0.5, 0.6) is 0 Å². The molecule has 0 saturated carbocycles. The van der Waals surface area contributed by atoms with Crippen molar-refractivity contribution in [1.29, 1.82) is 0 Å². The minimum absolute atomic E-state index is 0.112. The summed E-state index contributed by atoms with van der Waals surface area (Å²) < 4.78 is 0. The molecule has 1 aliphatic heterocycles. The largest absolute Gasteiger partial charge is 0.361 e. The van der Waals surface area contributed by atoms with Crippen LogP contribution in [0.25, 0.3) is 0 Å². The van der Waals surface area contributed by atoms with Crippen LogP contribution in [0.15, 0.2) is 42.1 Å². The molecule has 1 aliphatic rings. The van der Waals surface area contributed by atoms with E-state index in [0.29, 0.717) is 6.54 Å². The van der Waals surface area contributed by atoms with Crippen LogP contribution >= 0.6 is 0 Å². The minimum atomic E-state index is 0.112. The van der Waals surface area contributed by atoms with Gasteiger partial charge in [0.2, 0.25) is 0 Å². The van der Waals surface area contributed by atoms with Gasteiger partial charge in [0.05, 0.1) is 0 Å². The zero-order valence-corrected chi connectivity index (χ0v) is 11.5. The number of hydrogen-bond donors (Lipinski definition) is 2. The molecule has 0 aliphatic carbocycles. The highest BCUT2D eigenvalue weighted by molar-refractivity contribution is 5.58. The monoisotopic (exact) mass is 242 g/mol. The highest BCUT2D eigenvalue weighted by Gasteiger charge is 2.23. The third-order valence-corrected chi connectivity index (χ3v) is 3.57. The van der Waals surface area contributed by atoms with Gasteiger partial charge in [-0.2, -0.15) is 0 Å². The van der Waals surface area contributed by atoms with E-state index in [1.807, 2.05) is 6.20 Å². The molecular formula is C16H22N2. The van der Waals surface area contributed by atoms with E-state index in [1.54, 1.807) is 0 Å². The second-order valence-corrected chi connectivity index (χ2v) is 5.60. The number of allylic oxidation sites excluding steroid dienone is 3. The Labute approximate surface area is 110 Å². The van der Waals surface area contributed by atoms with Gasteiger partial charge in [0.1, 0.15) is 0 Å². The van der Waals surface area contributed by atoms with Gasteiger partial charge in [-0.3, -0.25) is 0 Å². The van der Waals surface area contributed by atoms with Crippen LogP contribution in [0.1, 0.15) is 38.3 Å². The van der Waals surface area contributed by atoms with Crippen molar-refractivity contribution in [2.75, 3.05) is 5.32 Å². The Morgan fingerprint density at radius 1 is 1.33 bits per heavy atom. The average molecular weight is 242 g/mol. The van der Waals surface area contributed by atoms with Crippen molar-refractivity contribution in [2.45, 2.75) is 39.2 Å². The first-order chi connectivity index (χ1) is 8.53. The summed E-state index contributed by atoms with van der Waals surface area (Å²) in [6.45, 7) is 7.29. The summed E-state index contributed by atoms with van der Waals surface area (Å²) in [5.41, 5.74) is 10.9. The van der Waals surface area contributed by atoms with E-state index in [2.05, 4.69) is 56.4 Å². The van der Waals surface area contributed by atoms with E-state index < -0.39 is 0 Å². The number of hydrogen-bond acceptors (Lipinski definition) is 2. The van der Waals surface area contributed by atoms with Gasteiger partial charge >= 0.3 is 0 Å². The molecule has 96 valence electrons. The van der Waals surface area contributed by atoms with E-state index in [0.717, 1.165) is 6.42 Å². The number of nitrogens with two attached hydrogens (primary N) is 1. The van der Waals surface area contributed by atoms with Crippen LogP contribution < -0.4 is 11.1 Å². The standard InChI is InChI=1S/C16H22N2/c1-12-6-8-16(2,3)14-10-13(11-17)4-5-15(14)18-9-7-12/h4-7,9-10,18H,8,11,17H2,1-3H3/b9-7-,12-6-. The maximum Gasteiger partial charge on any atom is 0.0418 e. The lowest BCUT2D eigenvalue weighted by atomic mass is 9.79. The summed E-state index contributed by atoms with van der Waals surface area (Å²) in [7, 11) is 0. The molecule has 0 atom stereocenters. The van der Waals surface area contributed by atoms with Crippen LogP contribution in [0.4, 0.5) is 5.69 Å². The van der Waals surface area contributed by atoms with Gasteiger partial charge in [-0.15, -0.1) is 0 Å². The molecule has 0 aromatic heterocycles. The Morgan fingerprint density at radius 3 is 2.83 bits per heavy atom. The molecule has 0 amide bonds. The number of fused-ring (bicyclic) bond motifs is 1. The molecule has 0 unspecified atom stereocenters. The normalized spacial score (nSPS) is 22.6. The topological polar surface area (TPSA) is 38.0 Å². The zero-order valence-electron chi connectivity index (χ0n) is 11.5. The predicted octanol–water partition coefficient (Wildman–Crippen LogP) is 3.70. The molecule has 2 nitrogen and oxygen atoms in total. The summed E-state index contributed by atoms with van der Waals surface area (Å²) in [4.78, 5) is 0. The Kier molecular flexibility index (Phi) is 3.58. The molecule has 0 saturated heterocycles. The number of anilines is 1. The Balaban J connectivity index is 2.51. The SMILES string of the molecule is CC1=C/CC(C)(C)c2cc(CN)ccc2N/C=C\1. The second kappa shape index (κ2) is 4.99. The quantitative estimate of drug-likeness (QED) is 0.788. The maximum atomic E-state index is 5.75. The molecule has 1 aromatic rings. The highest BCUT2D eigenvalue weighted by atomic mass is 14.8. The van der Waals surface area contributed by atoms with Crippen LogP contribution in [-0.4, -0.2) is 0 Å². The van der Waals surface area contributed by atoms with Crippen LogP contribution in [0, 0.1) is 0 Å². The lowest BCUT2D eigenvalue weighted by Gasteiger charge is -2.27. The minimum Gasteiger partial charge on any atom is -0.361 e. The first-order valence-corrected chi connectivity index (χ1v) is 6.46. The molecule has 1 aromatic carbocycles. The molecule has 1 heterocycles. The third-order valence-electron chi connectivity index (χ3n) is 3.57. The number of benzene rings is 1. The Hall–Kier alpha value is -1.54. The van der Waals surface area contributed by atoms with Gasteiger partial charge in [0, 0.05) is 18.4 Å². The molecule has 0 fully saturated rings. The van der Waals surface area contributed by atoms with E-state index in [9.17, 15) is 0 Å². The van der Waals surface area contributed by atoms with Gasteiger partial charge in [0.15, 0.2) is 0 Å². The van der Waals surface area contributed by atoms with Crippen molar-refractivity contribution >= 4 is 5.69 Å². The van der Waals surface area contributed by atoms with Crippen LogP contribution in [0.3, 0.4) is 0 Å². The summed E-state index contributed by atoms with van der Waals surface area (Å²) >= 11 is 0. The molecule has 3 N–H and O–H groups in total. The second-order valence-electron chi connectivity index (χ2n) is 5.60. The highest BCUT2D eigenvalue weighted by Crippen LogP contribution is 2.35. The van der Waals surface area contributed by atoms with Gasteiger partial charge in [-0.1, -0.05) is 37.6 Å². The number of rotatable bonds is 1. The molecular weight excluding hydrogens is 220 g/mol. The summed E-state index contributed by atoms with van der Waals surface area (Å²) in [6, 6.07) is 6.45. The smallest absolute Gasteiger partial charge is 0.0418 e. The molecule has 2 heteroatoms. The zero-order chi connectivity index (χ0) is 13.2. The molecule has 18 heavy (non-hydrogen) atoms. The van der Waals surface area contributed by atoms with Crippen molar-refractivity contribution in [3.05, 3.63) is 53.3 Å². The predicted molar refractivity (Wildman–Crippen MR) is 78.5 cm³/mol. The lowest BCUT2D eigenvalue weighted by molar-refractivity contribution is 0.534. The molecule has 0 radical (unpaired) electrons. The third kappa shape index (κ3) is 2.65. The van der Waals surface area contributed by atoms with Gasteiger partial charge in [-0.25, -0.2) is 0 Å². The van der Waals surface area contributed by atoms with Gasteiger partial charge in [-0.05, 0) is 42.0 Å². The maximum absolute atomic E-state index is 5.75. The van der Waals surface area contributed by atoms with E-state index >= 15 is 0 Å². The van der Waals surface area contributed by atoms with Crippen molar-refractivity contribution in [1.82, 2.24) is 0 Å². The Bertz CT molecular complexity index is 496. The summed E-state index contributed by atoms with van der Waals surface area (Å²) in [6.07, 6.45) is 7.45. The van der Waals surface area contributed by atoms with Crippen LogP contribution in [-0.2, 0) is 12.0 Å². The fraction of sp³-hybridized carbons (Fsp3) is 0.375.